The van der Waals surface area contributed by atoms with Gasteiger partial charge in [-0.15, -0.1) is 0 Å². The molecule has 0 aromatic heterocycles. The Balaban J connectivity index is 1.34. The summed E-state index contributed by atoms with van der Waals surface area (Å²) >= 11 is 0. The fourth-order valence-corrected chi connectivity index (χ4v) is 7.59. The Morgan fingerprint density at radius 3 is 2.45 bits per heavy atom. The highest BCUT2D eigenvalue weighted by atomic mass is 16.5. The molecule has 2 amide bonds. The third kappa shape index (κ3) is 4.95. The first-order chi connectivity index (χ1) is 19.5. The van der Waals surface area contributed by atoms with Crippen LogP contribution >= 0.6 is 0 Å². The van der Waals surface area contributed by atoms with Gasteiger partial charge in [0.1, 0.15) is 12.6 Å². The molecule has 11 nitrogen and oxygen atoms in total. The minimum atomic E-state index is -0.770. The van der Waals surface area contributed by atoms with Gasteiger partial charge in [-0.1, -0.05) is 30.8 Å². The van der Waals surface area contributed by atoms with Gasteiger partial charge >= 0.3 is 0 Å². The van der Waals surface area contributed by atoms with Crippen LogP contribution in [0, 0.1) is 5.92 Å². The molecule has 2 N–H and O–H groups in total. The third-order valence-electron chi connectivity index (χ3n) is 9.93. The van der Waals surface area contributed by atoms with Gasteiger partial charge in [0.25, 0.3) is 0 Å². The number of primary amides is 1. The van der Waals surface area contributed by atoms with Gasteiger partial charge in [0, 0.05) is 54.9 Å². The van der Waals surface area contributed by atoms with Crippen LogP contribution in [-0.2, 0) is 14.3 Å². The lowest BCUT2D eigenvalue weighted by Crippen LogP contribution is -2.52. The van der Waals surface area contributed by atoms with Gasteiger partial charge in [-0.05, 0) is 60.9 Å². The molecule has 3 heterocycles. The number of likely N-dealkylation sites (tertiary alicyclic amines) is 1. The smallest absolute Gasteiger partial charge is 0.249 e. The second kappa shape index (κ2) is 11.4. The minimum absolute atomic E-state index is 0.0273. The zero-order chi connectivity index (χ0) is 27.8. The Bertz CT molecular complexity index is 1200. The van der Waals surface area contributed by atoms with E-state index < -0.39 is 30.0 Å². The third-order valence-corrected chi connectivity index (χ3v) is 9.93. The van der Waals surface area contributed by atoms with Crippen LogP contribution in [0.5, 0.6) is 0 Å². The molecule has 0 radical (unpaired) electrons. The number of anilines is 1. The van der Waals surface area contributed by atoms with Gasteiger partial charge in [0.15, 0.2) is 5.78 Å². The number of Topliss-reactive ketones (excluding diaryl/α,β-unsaturated/α-hetero) is 1. The second-order valence-electron chi connectivity index (χ2n) is 12.1. The molecule has 3 saturated heterocycles. The van der Waals surface area contributed by atoms with Gasteiger partial charge in [0.2, 0.25) is 11.8 Å². The molecule has 0 unspecified atom stereocenters. The summed E-state index contributed by atoms with van der Waals surface area (Å²) in [5, 5.41) is 3.85. The van der Waals surface area contributed by atoms with Crippen LogP contribution in [0.15, 0.2) is 23.3 Å². The van der Waals surface area contributed by atoms with Crippen molar-refractivity contribution >= 4 is 23.3 Å². The summed E-state index contributed by atoms with van der Waals surface area (Å²) < 4.78 is 5.67. The second-order valence-corrected chi connectivity index (χ2v) is 12.1. The van der Waals surface area contributed by atoms with Crippen molar-refractivity contribution < 1.29 is 19.1 Å². The zero-order valence-electron chi connectivity index (χ0n) is 23.0. The fourth-order valence-electron chi connectivity index (χ4n) is 7.59. The number of ether oxygens (including phenoxy) is 1. The Kier molecular flexibility index (Phi) is 7.70. The van der Waals surface area contributed by atoms with E-state index in [1.54, 1.807) is 11.0 Å². The summed E-state index contributed by atoms with van der Waals surface area (Å²) in [6, 6.07) is 5.04. The van der Waals surface area contributed by atoms with E-state index in [0.717, 1.165) is 64.0 Å². The van der Waals surface area contributed by atoms with Crippen molar-refractivity contribution in [1.29, 1.82) is 0 Å². The highest BCUT2D eigenvalue weighted by Gasteiger charge is 2.53. The highest BCUT2D eigenvalue weighted by molar-refractivity contribution is 5.99. The highest BCUT2D eigenvalue weighted by Crippen LogP contribution is 2.42. The van der Waals surface area contributed by atoms with Crippen molar-refractivity contribution in [1.82, 2.24) is 9.80 Å². The molecule has 5 fully saturated rings. The van der Waals surface area contributed by atoms with Crippen molar-refractivity contribution in [3.63, 3.8) is 0 Å². The molecule has 5 aliphatic rings. The van der Waals surface area contributed by atoms with Gasteiger partial charge in [-0.3, -0.25) is 19.3 Å². The maximum atomic E-state index is 14.5. The van der Waals surface area contributed by atoms with Crippen molar-refractivity contribution in [2.24, 2.45) is 16.8 Å². The SMILES string of the molecule is [N-]=[N+]=N[C@@H]1CN(C(=O)[C@H](c2cc(N3CCN(C4CCC4)CC3)ccc2C(N)=O)C2CCCCC2)[C@@H]2C(=O)CO[C@@H]21. The quantitative estimate of drug-likeness (QED) is 0.314. The first kappa shape index (κ1) is 27.1. The van der Waals surface area contributed by atoms with Gasteiger partial charge in [0.05, 0.1) is 18.1 Å². The van der Waals surface area contributed by atoms with E-state index in [0.29, 0.717) is 17.2 Å². The number of benzene rings is 1. The summed E-state index contributed by atoms with van der Waals surface area (Å²) in [7, 11) is 0. The molecule has 4 atom stereocenters. The van der Waals surface area contributed by atoms with Crippen LogP contribution in [0.2, 0.25) is 0 Å². The number of rotatable bonds is 7. The molecule has 0 spiro atoms. The summed E-state index contributed by atoms with van der Waals surface area (Å²) in [5.41, 5.74) is 17.0. The van der Waals surface area contributed by atoms with Crippen LogP contribution < -0.4 is 10.6 Å². The summed E-state index contributed by atoms with van der Waals surface area (Å²) in [6.07, 6.45) is 8.13. The van der Waals surface area contributed by atoms with Crippen LogP contribution in [0.3, 0.4) is 0 Å². The average Bonchev–Trinajstić information content (AvgIpc) is 3.49. The number of nitrogens with zero attached hydrogens (tertiary/aromatic N) is 6. The molecule has 1 aromatic rings. The monoisotopic (exact) mass is 549 g/mol. The topological polar surface area (TPSA) is 145 Å². The number of fused-ring (bicyclic) bond motifs is 1. The van der Waals surface area contributed by atoms with Crippen LogP contribution in [-0.4, -0.2) is 91.0 Å². The van der Waals surface area contributed by atoms with Gasteiger partial charge < -0.3 is 20.3 Å². The van der Waals surface area contributed by atoms with Crippen molar-refractivity contribution in [2.75, 3.05) is 44.2 Å². The number of carbonyl (C=O) groups excluding carboxylic acids is 3. The number of piperazine rings is 1. The molecule has 1 aromatic carbocycles. The minimum Gasteiger partial charge on any atom is -0.369 e. The van der Waals surface area contributed by atoms with E-state index in [1.165, 1.54) is 19.3 Å². The van der Waals surface area contributed by atoms with Crippen LogP contribution in [0.1, 0.15) is 73.2 Å². The standard InChI is InChI=1S/C29H39N7O4/c30-28(38)21-10-9-20(35-13-11-34(12-14-35)19-7-4-8-19)15-22(21)25(18-5-2-1-3-6-18)29(39)36-16-23(32-33-31)27-26(36)24(37)17-40-27/h9-10,15,18-19,23,25-27H,1-8,11-14,16-17H2,(H2,30,38)/t23-,25+,26-,27-/m1/s1. The molecule has 2 saturated carbocycles. The first-order valence-corrected chi connectivity index (χ1v) is 14.9. The zero-order valence-corrected chi connectivity index (χ0v) is 23.0. The summed E-state index contributed by atoms with van der Waals surface area (Å²) in [5.74, 6) is -1.52. The van der Waals surface area contributed by atoms with E-state index >= 15 is 0 Å². The number of nitrogens with two attached hydrogens (primary N) is 1. The number of amides is 2. The fraction of sp³-hybridized carbons (Fsp3) is 0.690. The van der Waals surface area contributed by atoms with Crippen molar-refractivity contribution in [3.05, 3.63) is 39.8 Å². The maximum Gasteiger partial charge on any atom is 0.249 e. The van der Waals surface area contributed by atoms with E-state index in [1.807, 2.05) is 12.1 Å². The molecule has 40 heavy (non-hydrogen) atoms. The molecule has 2 aliphatic carbocycles. The lowest BCUT2D eigenvalue weighted by atomic mass is 9.74. The van der Waals surface area contributed by atoms with Crippen LogP contribution in [0.4, 0.5) is 5.69 Å². The summed E-state index contributed by atoms with van der Waals surface area (Å²) in [4.78, 5) is 49.5. The maximum absolute atomic E-state index is 14.5. The predicted octanol–water partition coefficient (Wildman–Crippen LogP) is 2.98. The van der Waals surface area contributed by atoms with E-state index in [4.69, 9.17) is 16.0 Å². The predicted molar refractivity (Wildman–Crippen MR) is 149 cm³/mol. The Hall–Kier alpha value is -3.14. The molecular formula is C29H39N7O4. The van der Waals surface area contributed by atoms with E-state index in [9.17, 15) is 14.4 Å². The number of carbonyl (C=O) groups is 3. The van der Waals surface area contributed by atoms with E-state index in [2.05, 4.69) is 19.8 Å². The lowest BCUT2D eigenvalue weighted by molar-refractivity contribution is -0.139. The van der Waals surface area contributed by atoms with Crippen LogP contribution in [0.25, 0.3) is 10.4 Å². The molecule has 3 aliphatic heterocycles. The van der Waals surface area contributed by atoms with Crippen molar-refractivity contribution in [3.8, 4) is 0 Å². The number of hydrogen-bond donors (Lipinski definition) is 1. The van der Waals surface area contributed by atoms with E-state index in [-0.39, 0.29) is 30.8 Å². The summed E-state index contributed by atoms with van der Waals surface area (Å²) in [6.45, 7) is 3.82. The Labute approximate surface area is 234 Å². The first-order valence-electron chi connectivity index (χ1n) is 14.9. The molecule has 214 valence electrons. The molecular weight excluding hydrogens is 510 g/mol. The average molecular weight is 550 g/mol. The normalized spacial score (nSPS) is 28.6. The van der Waals surface area contributed by atoms with Crippen molar-refractivity contribution in [2.45, 2.75) is 81.5 Å². The number of ketones is 1. The Morgan fingerprint density at radius 1 is 1.05 bits per heavy atom. The number of azide groups is 1. The molecule has 11 heteroatoms. The number of hydrogen-bond acceptors (Lipinski definition) is 7. The molecule has 0 bridgehead atoms. The lowest BCUT2D eigenvalue weighted by Gasteiger charge is -2.43. The van der Waals surface area contributed by atoms with Gasteiger partial charge in [-0.2, -0.15) is 0 Å². The van der Waals surface area contributed by atoms with Gasteiger partial charge in [-0.25, -0.2) is 0 Å². The largest absolute Gasteiger partial charge is 0.369 e. The molecule has 6 rings (SSSR count). The Morgan fingerprint density at radius 2 is 1.80 bits per heavy atom.